The molecule has 0 aliphatic carbocycles. The van der Waals surface area contributed by atoms with Crippen LogP contribution in [0, 0.1) is 20.8 Å². The van der Waals surface area contributed by atoms with Gasteiger partial charge in [-0.3, -0.25) is 4.79 Å². The Kier molecular flexibility index (Phi) is 6.04. The second-order valence-electron chi connectivity index (χ2n) is 7.67. The first-order valence-corrected chi connectivity index (χ1v) is 11.3. The molecule has 0 atom stereocenters. The Morgan fingerprint density at radius 1 is 1.13 bits per heavy atom. The van der Waals surface area contributed by atoms with Crippen molar-refractivity contribution in [2.24, 2.45) is 0 Å². The molecular weight excluding hydrogens is 408 g/mol. The molecule has 4 aromatic rings. The van der Waals surface area contributed by atoms with E-state index in [9.17, 15) is 4.79 Å². The number of hydrogen-bond acceptors (Lipinski definition) is 5. The zero-order valence-corrected chi connectivity index (χ0v) is 19.0. The van der Waals surface area contributed by atoms with Gasteiger partial charge in [0.05, 0.1) is 22.5 Å². The van der Waals surface area contributed by atoms with Gasteiger partial charge in [0.25, 0.3) is 5.91 Å². The van der Waals surface area contributed by atoms with Gasteiger partial charge in [0.15, 0.2) is 0 Å². The quantitative estimate of drug-likeness (QED) is 0.371. The fraction of sp³-hybridized carbons (Fsp3) is 0.292. The lowest BCUT2D eigenvalue weighted by atomic mass is 10.1. The summed E-state index contributed by atoms with van der Waals surface area (Å²) in [5.41, 5.74) is 4.71. The molecule has 0 bridgehead atoms. The number of thiazole rings is 1. The molecule has 2 aromatic carbocycles. The van der Waals surface area contributed by atoms with Gasteiger partial charge < -0.3 is 10.1 Å². The summed E-state index contributed by atoms with van der Waals surface area (Å²) in [6.07, 6.45) is 2.05. The third kappa shape index (κ3) is 4.61. The van der Waals surface area contributed by atoms with Crippen LogP contribution >= 0.6 is 11.3 Å². The number of unbranched alkanes of at least 4 members (excludes halogenated alkanes) is 1. The van der Waals surface area contributed by atoms with E-state index < -0.39 is 0 Å². The van der Waals surface area contributed by atoms with Crippen LogP contribution in [-0.2, 0) is 0 Å². The number of aromatic nitrogens is 3. The van der Waals surface area contributed by atoms with Crippen molar-refractivity contribution in [1.82, 2.24) is 14.8 Å². The van der Waals surface area contributed by atoms with Crippen LogP contribution in [0.15, 0.2) is 42.5 Å². The maximum atomic E-state index is 12.9. The molecule has 0 radical (unpaired) electrons. The van der Waals surface area contributed by atoms with Crippen molar-refractivity contribution in [2.45, 2.75) is 40.5 Å². The average Bonchev–Trinajstić information content (AvgIpc) is 3.31. The normalized spacial score (nSPS) is 11.1. The molecule has 0 saturated carbocycles. The predicted octanol–water partition coefficient (Wildman–Crippen LogP) is 5.84. The highest BCUT2D eigenvalue weighted by molar-refractivity contribution is 7.20. The summed E-state index contributed by atoms with van der Waals surface area (Å²) >= 11 is 1.56. The fourth-order valence-electron chi connectivity index (χ4n) is 3.24. The predicted molar refractivity (Wildman–Crippen MR) is 126 cm³/mol. The maximum absolute atomic E-state index is 12.9. The van der Waals surface area contributed by atoms with Crippen LogP contribution in [0.3, 0.4) is 0 Å². The third-order valence-electron chi connectivity index (χ3n) is 5.11. The van der Waals surface area contributed by atoms with Gasteiger partial charge in [-0.2, -0.15) is 9.78 Å². The molecule has 0 unspecified atom stereocenters. The Morgan fingerprint density at radius 2 is 1.94 bits per heavy atom. The monoisotopic (exact) mass is 434 g/mol. The van der Waals surface area contributed by atoms with Crippen molar-refractivity contribution >= 4 is 33.3 Å². The van der Waals surface area contributed by atoms with Crippen LogP contribution in [0.1, 0.15) is 46.9 Å². The van der Waals surface area contributed by atoms with E-state index in [1.54, 1.807) is 28.2 Å². The average molecular weight is 435 g/mol. The van der Waals surface area contributed by atoms with E-state index in [0.717, 1.165) is 33.9 Å². The molecule has 1 amide bonds. The fourth-order valence-corrected chi connectivity index (χ4v) is 4.25. The van der Waals surface area contributed by atoms with Crippen molar-refractivity contribution in [2.75, 3.05) is 11.9 Å². The minimum atomic E-state index is -0.213. The number of aryl methyl sites for hydroxylation is 3. The summed E-state index contributed by atoms with van der Waals surface area (Å²) < 4.78 is 8.53. The molecule has 1 N–H and O–H groups in total. The van der Waals surface area contributed by atoms with Gasteiger partial charge in [0.1, 0.15) is 11.6 Å². The Hall–Kier alpha value is -3.19. The highest BCUT2D eigenvalue weighted by atomic mass is 32.1. The summed E-state index contributed by atoms with van der Waals surface area (Å²) in [6, 6.07) is 13.3. The zero-order valence-electron chi connectivity index (χ0n) is 18.2. The molecule has 7 heteroatoms. The SMILES string of the molecule is CCCCOc1cccc(C(=O)Nc2cc(C)nn2-c2nc3cc(C)c(C)cc3s2)c1. The van der Waals surface area contributed by atoms with Crippen LogP contribution in [-0.4, -0.2) is 27.3 Å². The second kappa shape index (κ2) is 8.89. The lowest BCUT2D eigenvalue weighted by Gasteiger charge is -2.09. The number of benzene rings is 2. The molecule has 0 aliphatic heterocycles. The Labute approximate surface area is 185 Å². The molecule has 4 rings (SSSR count). The highest BCUT2D eigenvalue weighted by Crippen LogP contribution is 2.29. The molecule has 31 heavy (non-hydrogen) atoms. The molecule has 0 spiro atoms. The molecule has 6 nitrogen and oxygen atoms in total. The van der Waals surface area contributed by atoms with Crippen LogP contribution in [0.25, 0.3) is 15.3 Å². The zero-order chi connectivity index (χ0) is 22.0. The van der Waals surface area contributed by atoms with E-state index in [1.807, 2.05) is 25.1 Å². The smallest absolute Gasteiger partial charge is 0.256 e. The van der Waals surface area contributed by atoms with Crippen LogP contribution in [0.2, 0.25) is 0 Å². The molecular formula is C24H26N4O2S. The Morgan fingerprint density at radius 3 is 2.74 bits per heavy atom. The maximum Gasteiger partial charge on any atom is 0.256 e. The Bertz CT molecular complexity index is 1200. The topological polar surface area (TPSA) is 69.0 Å². The third-order valence-corrected chi connectivity index (χ3v) is 6.10. The van der Waals surface area contributed by atoms with E-state index >= 15 is 0 Å². The molecule has 160 valence electrons. The van der Waals surface area contributed by atoms with E-state index in [4.69, 9.17) is 9.72 Å². The van der Waals surface area contributed by atoms with Crippen LogP contribution in [0.5, 0.6) is 5.75 Å². The molecule has 2 aromatic heterocycles. The molecule has 0 saturated heterocycles. The summed E-state index contributed by atoms with van der Waals surface area (Å²) in [6.45, 7) is 8.84. The summed E-state index contributed by atoms with van der Waals surface area (Å²) in [5, 5.41) is 8.26. The number of nitrogens with zero attached hydrogens (tertiary/aromatic N) is 3. The number of rotatable bonds is 7. The van der Waals surface area contributed by atoms with Gasteiger partial charge in [0.2, 0.25) is 5.13 Å². The van der Waals surface area contributed by atoms with Crippen LogP contribution < -0.4 is 10.1 Å². The van der Waals surface area contributed by atoms with Gasteiger partial charge in [-0.05, 0) is 68.7 Å². The first-order valence-electron chi connectivity index (χ1n) is 10.4. The standard InChI is InChI=1S/C24H26N4O2S/c1-5-6-10-30-19-9-7-8-18(14-19)23(29)26-22-13-17(4)27-28(22)24-25-20-11-15(2)16(3)12-21(20)31-24/h7-9,11-14H,5-6,10H2,1-4H3,(H,26,29). The number of carbonyl (C=O) groups excluding carboxylic acids is 1. The van der Waals surface area contributed by atoms with Gasteiger partial charge in [-0.1, -0.05) is 30.7 Å². The molecule has 0 aliphatic rings. The second-order valence-corrected chi connectivity index (χ2v) is 8.68. The minimum Gasteiger partial charge on any atom is -0.494 e. The first kappa shape index (κ1) is 21.1. The number of carbonyl (C=O) groups is 1. The van der Waals surface area contributed by atoms with Crippen molar-refractivity contribution in [3.8, 4) is 10.9 Å². The number of fused-ring (bicyclic) bond motifs is 1. The lowest BCUT2D eigenvalue weighted by molar-refractivity contribution is 0.102. The minimum absolute atomic E-state index is 0.213. The van der Waals surface area contributed by atoms with Crippen LogP contribution in [0.4, 0.5) is 5.82 Å². The van der Waals surface area contributed by atoms with Gasteiger partial charge in [-0.15, -0.1) is 0 Å². The van der Waals surface area contributed by atoms with E-state index in [-0.39, 0.29) is 5.91 Å². The molecule has 2 heterocycles. The van der Waals surface area contributed by atoms with E-state index in [1.165, 1.54) is 11.1 Å². The van der Waals surface area contributed by atoms with Gasteiger partial charge in [0, 0.05) is 11.6 Å². The van der Waals surface area contributed by atoms with Crippen molar-refractivity contribution in [3.63, 3.8) is 0 Å². The highest BCUT2D eigenvalue weighted by Gasteiger charge is 2.16. The van der Waals surface area contributed by atoms with Crippen molar-refractivity contribution in [1.29, 1.82) is 0 Å². The number of nitrogens with one attached hydrogen (secondary N) is 1. The summed E-state index contributed by atoms with van der Waals surface area (Å²) in [5.74, 6) is 1.07. The Balaban J connectivity index is 1.59. The van der Waals surface area contributed by atoms with Gasteiger partial charge >= 0.3 is 0 Å². The number of amides is 1. The molecule has 0 fully saturated rings. The largest absolute Gasteiger partial charge is 0.494 e. The lowest BCUT2D eigenvalue weighted by Crippen LogP contribution is -2.15. The number of ether oxygens (including phenoxy) is 1. The number of anilines is 1. The summed E-state index contributed by atoms with van der Waals surface area (Å²) in [4.78, 5) is 17.7. The van der Waals surface area contributed by atoms with Crippen molar-refractivity contribution in [3.05, 3.63) is 64.8 Å². The summed E-state index contributed by atoms with van der Waals surface area (Å²) in [7, 11) is 0. The van der Waals surface area contributed by atoms with Crippen molar-refractivity contribution < 1.29 is 9.53 Å². The van der Waals surface area contributed by atoms with Gasteiger partial charge in [-0.25, -0.2) is 4.98 Å². The first-order chi connectivity index (χ1) is 14.9. The van der Waals surface area contributed by atoms with E-state index in [2.05, 4.69) is 43.3 Å². The number of hydrogen-bond donors (Lipinski definition) is 1. The van der Waals surface area contributed by atoms with E-state index in [0.29, 0.717) is 23.7 Å².